The second-order valence-corrected chi connectivity index (χ2v) is 4.34. The molecule has 0 unspecified atom stereocenters. The molecule has 1 aliphatic rings. The minimum absolute atomic E-state index is 0.0513. The fourth-order valence-corrected chi connectivity index (χ4v) is 2.24. The second-order valence-electron chi connectivity index (χ2n) is 4.34. The van der Waals surface area contributed by atoms with Crippen molar-refractivity contribution in [3.63, 3.8) is 0 Å². The van der Waals surface area contributed by atoms with Crippen molar-refractivity contribution in [1.82, 2.24) is 4.98 Å². The maximum atomic E-state index is 13.0. The number of alkyl halides is 3. The first kappa shape index (κ1) is 14.4. The number of aromatic nitrogens is 1. The molecule has 1 aliphatic carbocycles. The van der Waals surface area contributed by atoms with Crippen molar-refractivity contribution in [2.24, 2.45) is 0 Å². The van der Waals surface area contributed by atoms with E-state index in [2.05, 4.69) is 4.98 Å². The van der Waals surface area contributed by atoms with E-state index in [1.54, 1.807) is 6.92 Å². The summed E-state index contributed by atoms with van der Waals surface area (Å²) in [7, 11) is 0. The molecule has 7 heteroatoms. The Labute approximate surface area is 111 Å². The molecule has 108 valence electrons. The van der Waals surface area contributed by atoms with Crippen LogP contribution in [0.4, 0.5) is 13.2 Å². The predicted molar refractivity (Wildman–Crippen MR) is 64.3 cm³/mol. The Hall–Kier alpha value is -2.05. The van der Waals surface area contributed by atoms with Gasteiger partial charge in [0.05, 0.1) is 6.61 Å². The molecule has 1 aromatic heterocycles. The van der Waals surface area contributed by atoms with Crippen LogP contribution in [-0.2, 0) is 9.53 Å². The summed E-state index contributed by atoms with van der Waals surface area (Å²) in [6, 6.07) is 0. The van der Waals surface area contributed by atoms with Crippen LogP contribution in [0.5, 0.6) is 0 Å². The zero-order valence-corrected chi connectivity index (χ0v) is 10.9. The first-order chi connectivity index (χ1) is 9.27. The third-order valence-corrected chi connectivity index (χ3v) is 3.06. The highest BCUT2D eigenvalue weighted by Crippen LogP contribution is 2.28. The molecule has 20 heavy (non-hydrogen) atoms. The van der Waals surface area contributed by atoms with E-state index in [-0.39, 0.29) is 34.9 Å². The van der Waals surface area contributed by atoms with Gasteiger partial charge in [0, 0.05) is 17.0 Å². The zero-order valence-electron chi connectivity index (χ0n) is 10.9. The van der Waals surface area contributed by atoms with Crippen LogP contribution in [-0.4, -0.2) is 29.5 Å². The van der Waals surface area contributed by atoms with Gasteiger partial charge in [-0.1, -0.05) is 6.08 Å². The lowest BCUT2D eigenvalue weighted by molar-refractivity contribution is -0.120. The first-order valence-electron chi connectivity index (χ1n) is 5.98. The summed E-state index contributed by atoms with van der Waals surface area (Å²) >= 11 is 0. The number of hydrogen-bond acceptors (Lipinski definition) is 3. The Morgan fingerprint density at radius 1 is 1.45 bits per heavy atom. The largest absolute Gasteiger partial charge is 0.461 e. The van der Waals surface area contributed by atoms with E-state index in [9.17, 15) is 22.8 Å². The van der Waals surface area contributed by atoms with Crippen molar-refractivity contribution in [1.29, 1.82) is 0 Å². The molecule has 1 heterocycles. The van der Waals surface area contributed by atoms with Crippen LogP contribution in [0, 0.1) is 6.92 Å². The third-order valence-electron chi connectivity index (χ3n) is 3.06. The number of H-pyrrole nitrogens is 1. The van der Waals surface area contributed by atoms with Gasteiger partial charge in [-0.25, -0.2) is 4.79 Å². The summed E-state index contributed by atoms with van der Waals surface area (Å²) in [6.45, 7) is 3.07. The van der Waals surface area contributed by atoms with E-state index < -0.39 is 23.5 Å². The molecule has 0 fully saturated rings. The summed E-state index contributed by atoms with van der Waals surface area (Å²) in [4.78, 5) is 25.8. The molecule has 1 aromatic rings. The zero-order chi connectivity index (χ0) is 15.1. The van der Waals surface area contributed by atoms with Crippen molar-refractivity contribution in [2.75, 3.05) is 6.61 Å². The highest BCUT2D eigenvalue weighted by molar-refractivity contribution is 6.19. The van der Waals surface area contributed by atoms with Crippen LogP contribution < -0.4 is 10.6 Å². The number of rotatable bonds is 2. The number of ether oxygens (including phenoxy) is 1. The van der Waals surface area contributed by atoms with Crippen LogP contribution in [0.25, 0.3) is 11.6 Å². The molecule has 4 nitrogen and oxygen atoms in total. The molecular weight excluding hydrogens is 275 g/mol. The predicted octanol–water partition coefficient (Wildman–Crippen LogP) is 0.966. The van der Waals surface area contributed by atoms with E-state index in [4.69, 9.17) is 4.74 Å². The Kier molecular flexibility index (Phi) is 3.45. The van der Waals surface area contributed by atoms with E-state index in [1.165, 1.54) is 13.0 Å². The van der Waals surface area contributed by atoms with E-state index in [1.807, 2.05) is 0 Å². The smallest absolute Gasteiger partial charge is 0.420 e. The van der Waals surface area contributed by atoms with Gasteiger partial charge in [0.1, 0.15) is 11.3 Å². The van der Waals surface area contributed by atoms with Gasteiger partial charge >= 0.3 is 12.1 Å². The number of halogens is 3. The number of ketones is 1. The van der Waals surface area contributed by atoms with Gasteiger partial charge in [-0.15, -0.1) is 0 Å². The van der Waals surface area contributed by atoms with Crippen molar-refractivity contribution < 1.29 is 27.5 Å². The summed E-state index contributed by atoms with van der Waals surface area (Å²) in [5, 5.41) is -0.116. The molecule has 0 radical (unpaired) electrons. The molecule has 0 bridgehead atoms. The number of fused-ring (bicyclic) bond motifs is 1. The van der Waals surface area contributed by atoms with Gasteiger partial charge < -0.3 is 9.72 Å². The van der Waals surface area contributed by atoms with E-state index in [0.717, 1.165) is 0 Å². The molecule has 0 saturated heterocycles. The molecule has 0 aliphatic heterocycles. The normalized spacial score (nSPS) is 14.8. The van der Waals surface area contributed by atoms with Gasteiger partial charge in [0.2, 0.25) is 0 Å². The number of Topliss-reactive ketones (excluding diaryl/α,β-unsaturated/α-hetero) is 1. The highest BCUT2D eigenvalue weighted by atomic mass is 19.4. The Morgan fingerprint density at radius 2 is 2.10 bits per heavy atom. The summed E-state index contributed by atoms with van der Waals surface area (Å²) in [6.07, 6.45) is -3.74. The average molecular weight is 287 g/mol. The molecule has 2 rings (SSSR count). The molecule has 0 amide bonds. The number of carbonyl (C=O) groups excluding carboxylic acids is 2. The number of nitrogens with one attached hydrogen (secondary N) is 1. The van der Waals surface area contributed by atoms with Gasteiger partial charge in [-0.05, 0) is 19.4 Å². The van der Waals surface area contributed by atoms with Crippen LogP contribution >= 0.6 is 0 Å². The van der Waals surface area contributed by atoms with Gasteiger partial charge in [-0.3, -0.25) is 4.79 Å². The lowest BCUT2D eigenvalue weighted by Crippen LogP contribution is -2.38. The topological polar surface area (TPSA) is 59.2 Å². The summed E-state index contributed by atoms with van der Waals surface area (Å²) < 4.78 is 43.8. The van der Waals surface area contributed by atoms with Crippen LogP contribution in [0.15, 0.2) is 0 Å². The molecular formula is C13H12F3NO3. The van der Waals surface area contributed by atoms with Crippen molar-refractivity contribution in [3.05, 3.63) is 21.8 Å². The third kappa shape index (κ3) is 2.23. The fraction of sp³-hybridized carbons (Fsp3) is 0.385. The molecule has 0 saturated carbocycles. The minimum atomic E-state index is -4.75. The van der Waals surface area contributed by atoms with Crippen LogP contribution in [0.2, 0.25) is 0 Å². The SMILES string of the molecule is CCOC(=O)c1[nH]c2c(c1C)=C(C(F)(F)F)C(=O)CC=2. The van der Waals surface area contributed by atoms with Crippen molar-refractivity contribution in [2.45, 2.75) is 26.4 Å². The first-order valence-corrected chi connectivity index (χ1v) is 5.98. The molecule has 0 atom stereocenters. The number of aromatic amines is 1. The Morgan fingerprint density at radius 3 is 2.65 bits per heavy atom. The highest BCUT2D eigenvalue weighted by Gasteiger charge is 2.40. The maximum absolute atomic E-state index is 13.0. The number of carbonyl (C=O) groups is 2. The Bertz CT molecular complexity index is 698. The van der Waals surface area contributed by atoms with E-state index in [0.29, 0.717) is 0 Å². The number of hydrogen-bond donors (Lipinski definition) is 1. The van der Waals surface area contributed by atoms with Crippen LogP contribution in [0.1, 0.15) is 29.4 Å². The van der Waals surface area contributed by atoms with Crippen molar-refractivity contribution in [3.8, 4) is 0 Å². The number of esters is 1. The van der Waals surface area contributed by atoms with Gasteiger partial charge in [0.15, 0.2) is 5.78 Å². The van der Waals surface area contributed by atoms with Gasteiger partial charge in [0.25, 0.3) is 0 Å². The minimum Gasteiger partial charge on any atom is -0.461 e. The quantitative estimate of drug-likeness (QED) is 0.824. The van der Waals surface area contributed by atoms with Gasteiger partial charge in [-0.2, -0.15) is 13.2 Å². The maximum Gasteiger partial charge on any atom is 0.420 e. The summed E-state index contributed by atoms with van der Waals surface area (Å²) in [5.41, 5.74) is -1.18. The van der Waals surface area contributed by atoms with E-state index >= 15 is 0 Å². The second kappa shape index (κ2) is 4.81. The summed E-state index contributed by atoms with van der Waals surface area (Å²) in [5.74, 6) is -1.73. The van der Waals surface area contributed by atoms with Crippen molar-refractivity contribution >= 4 is 23.4 Å². The Balaban J connectivity index is 2.79. The molecule has 1 N–H and O–H groups in total. The molecule has 0 aromatic carbocycles. The lowest BCUT2D eigenvalue weighted by Gasteiger charge is -2.12. The van der Waals surface area contributed by atoms with Crippen LogP contribution in [0.3, 0.4) is 0 Å². The monoisotopic (exact) mass is 287 g/mol. The fourth-order valence-electron chi connectivity index (χ4n) is 2.24. The average Bonchev–Trinajstić information content (AvgIpc) is 2.66. The standard InChI is InChI=1S/C13H12F3NO3/c1-3-20-12(19)11-6(2)9-7(17-11)4-5-8(18)10(9)13(14,15)16/h4,17H,3,5H2,1-2H3. The lowest BCUT2D eigenvalue weighted by atomic mass is 9.99. The molecule has 0 spiro atoms.